The van der Waals surface area contributed by atoms with E-state index in [9.17, 15) is 10.2 Å². The average molecular weight is 359 g/mol. The number of halogens is 1. The molecule has 0 unspecified atom stereocenters. The molecular weight excluding hydrogens is 344 g/mol. The first-order valence-corrected chi connectivity index (χ1v) is 7.64. The fourth-order valence-electron chi connectivity index (χ4n) is 2.58. The molecule has 112 valence electrons. The van der Waals surface area contributed by atoms with Gasteiger partial charge >= 0.3 is 0 Å². The molecule has 0 aromatic heterocycles. The second-order valence-corrected chi connectivity index (χ2v) is 5.93. The fourth-order valence-corrected chi connectivity index (χ4v) is 3.14. The van der Waals surface area contributed by atoms with Gasteiger partial charge in [-0.05, 0) is 44.4 Å². The van der Waals surface area contributed by atoms with Crippen molar-refractivity contribution in [3.05, 3.63) is 64.1 Å². The second kappa shape index (κ2) is 5.89. The number of rotatable bonds is 3. The van der Waals surface area contributed by atoms with Crippen molar-refractivity contribution in [3.63, 3.8) is 0 Å². The van der Waals surface area contributed by atoms with E-state index < -0.39 is 0 Å². The van der Waals surface area contributed by atoms with Crippen LogP contribution in [0, 0.1) is 0 Å². The highest BCUT2D eigenvalue weighted by atomic mass is 79.9. The molecule has 0 aliphatic carbocycles. The normalized spacial score (nSPS) is 10.8. The largest absolute Gasteiger partial charge is 0.508 e. The Kier molecular flexibility index (Phi) is 3.94. The van der Waals surface area contributed by atoms with Gasteiger partial charge in [0.25, 0.3) is 0 Å². The molecule has 0 radical (unpaired) electrons. The molecule has 3 nitrogen and oxygen atoms in total. The number of ether oxygens (including phenoxy) is 1. The highest BCUT2D eigenvalue weighted by Gasteiger charge is 2.13. The summed E-state index contributed by atoms with van der Waals surface area (Å²) >= 11 is 3.42. The lowest BCUT2D eigenvalue weighted by Crippen LogP contribution is -1.94. The number of phenols is 2. The number of methoxy groups -OCH3 is 1. The Morgan fingerprint density at radius 1 is 1.00 bits per heavy atom. The van der Waals surface area contributed by atoms with E-state index >= 15 is 0 Å². The van der Waals surface area contributed by atoms with Gasteiger partial charge in [-0.25, -0.2) is 0 Å². The van der Waals surface area contributed by atoms with Crippen LogP contribution < -0.4 is 4.74 Å². The van der Waals surface area contributed by atoms with Gasteiger partial charge in [0.2, 0.25) is 0 Å². The molecule has 3 rings (SSSR count). The zero-order valence-corrected chi connectivity index (χ0v) is 13.6. The summed E-state index contributed by atoms with van der Waals surface area (Å²) in [7, 11) is 1.55. The SMILES string of the molecule is COc1cc(O)c(Cc2c(O)ccc3ccccc23)cc1Br. The summed E-state index contributed by atoms with van der Waals surface area (Å²) in [6.45, 7) is 0. The lowest BCUT2D eigenvalue weighted by Gasteiger charge is -2.12. The van der Waals surface area contributed by atoms with Gasteiger partial charge in [0.15, 0.2) is 0 Å². The zero-order valence-electron chi connectivity index (χ0n) is 12.0. The maximum Gasteiger partial charge on any atom is 0.136 e. The molecule has 22 heavy (non-hydrogen) atoms. The summed E-state index contributed by atoms with van der Waals surface area (Å²) in [5.74, 6) is 0.945. The third kappa shape index (κ3) is 2.62. The van der Waals surface area contributed by atoms with Gasteiger partial charge in [-0.3, -0.25) is 0 Å². The number of hydrogen-bond donors (Lipinski definition) is 2. The monoisotopic (exact) mass is 358 g/mol. The zero-order chi connectivity index (χ0) is 15.7. The van der Waals surface area contributed by atoms with Gasteiger partial charge in [0.05, 0.1) is 11.6 Å². The minimum Gasteiger partial charge on any atom is -0.508 e. The molecule has 0 heterocycles. The highest BCUT2D eigenvalue weighted by molar-refractivity contribution is 9.10. The van der Waals surface area contributed by atoms with Crippen LogP contribution >= 0.6 is 15.9 Å². The molecule has 0 bridgehead atoms. The van der Waals surface area contributed by atoms with E-state index in [1.807, 2.05) is 36.4 Å². The molecule has 3 aromatic carbocycles. The molecule has 0 aliphatic rings. The maximum atomic E-state index is 10.2. The van der Waals surface area contributed by atoms with E-state index in [1.165, 1.54) is 0 Å². The van der Waals surface area contributed by atoms with Crippen LogP contribution in [0.3, 0.4) is 0 Å². The molecule has 0 saturated heterocycles. The third-order valence-electron chi connectivity index (χ3n) is 3.74. The smallest absolute Gasteiger partial charge is 0.136 e. The van der Waals surface area contributed by atoms with E-state index in [2.05, 4.69) is 15.9 Å². The maximum absolute atomic E-state index is 10.2. The number of fused-ring (bicyclic) bond motifs is 1. The fraction of sp³-hybridized carbons (Fsp3) is 0.111. The van der Waals surface area contributed by atoms with E-state index in [0.29, 0.717) is 12.2 Å². The first kappa shape index (κ1) is 14.7. The van der Waals surface area contributed by atoms with Crippen LogP contribution in [0.2, 0.25) is 0 Å². The Labute approximate surface area is 136 Å². The molecule has 0 saturated carbocycles. The quantitative estimate of drug-likeness (QED) is 0.718. The van der Waals surface area contributed by atoms with Crippen LogP contribution in [-0.4, -0.2) is 17.3 Å². The van der Waals surface area contributed by atoms with Crippen molar-refractivity contribution in [2.24, 2.45) is 0 Å². The van der Waals surface area contributed by atoms with Crippen LogP contribution in [0.5, 0.6) is 17.2 Å². The van der Waals surface area contributed by atoms with Crippen molar-refractivity contribution < 1.29 is 14.9 Å². The van der Waals surface area contributed by atoms with Crippen LogP contribution in [0.1, 0.15) is 11.1 Å². The van der Waals surface area contributed by atoms with Crippen molar-refractivity contribution in [2.75, 3.05) is 7.11 Å². The lowest BCUT2D eigenvalue weighted by atomic mass is 9.97. The topological polar surface area (TPSA) is 49.7 Å². The highest BCUT2D eigenvalue weighted by Crippen LogP contribution is 2.36. The van der Waals surface area contributed by atoms with E-state index in [1.54, 1.807) is 19.2 Å². The Morgan fingerprint density at radius 3 is 2.55 bits per heavy atom. The van der Waals surface area contributed by atoms with Gasteiger partial charge in [-0.1, -0.05) is 30.3 Å². The Bertz CT molecular complexity index is 843. The summed E-state index contributed by atoms with van der Waals surface area (Å²) in [5.41, 5.74) is 1.52. The molecule has 3 aromatic rings. The average Bonchev–Trinajstić information content (AvgIpc) is 2.53. The van der Waals surface area contributed by atoms with Crippen molar-refractivity contribution in [1.29, 1.82) is 0 Å². The van der Waals surface area contributed by atoms with Crippen LogP contribution in [0.4, 0.5) is 0 Å². The number of hydrogen-bond acceptors (Lipinski definition) is 3. The molecule has 0 amide bonds. The molecular formula is C18H15BrO3. The Morgan fingerprint density at radius 2 is 1.77 bits per heavy atom. The molecule has 0 spiro atoms. The second-order valence-electron chi connectivity index (χ2n) is 5.08. The minimum absolute atomic E-state index is 0.146. The van der Waals surface area contributed by atoms with Crippen molar-refractivity contribution in [2.45, 2.75) is 6.42 Å². The summed E-state index contributed by atoms with van der Waals surface area (Å²) in [6.07, 6.45) is 0.432. The van der Waals surface area contributed by atoms with Crippen LogP contribution in [-0.2, 0) is 6.42 Å². The van der Waals surface area contributed by atoms with E-state index in [-0.39, 0.29) is 11.5 Å². The number of phenolic OH excluding ortho intramolecular Hbond substituents is 2. The Balaban J connectivity index is 2.11. The van der Waals surface area contributed by atoms with Crippen LogP contribution in [0.25, 0.3) is 10.8 Å². The van der Waals surface area contributed by atoms with Gasteiger partial charge < -0.3 is 14.9 Å². The minimum atomic E-state index is 0.146. The standard InChI is InChI=1S/C18H15BrO3/c1-22-18-10-17(21)12(9-15(18)19)8-14-13-5-3-2-4-11(13)6-7-16(14)20/h2-7,9-10,20-21H,8H2,1H3. The van der Waals surface area contributed by atoms with Gasteiger partial charge in [-0.2, -0.15) is 0 Å². The van der Waals surface area contributed by atoms with Gasteiger partial charge in [0, 0.05) is 18.1 Å². The molecule has 0 aliphatic heterocycles. The van der Waals surface area contributed by atoms with Crippen LogP contribution in [0.15, 0.2) is 53.0 Å². The van der Waals surface area contributed by atoms with Gasteiger partial charge in [-0.15, -0.1) is 0 Å². The van der Waals surface area contributed by atoms with Crippen molar-refractivity contribution >= 4 is 26.7 Å². The third-order valence-corrected chi connectivity index (χ3v) is 4.36. The molecule has 0 atom stereocenters. The molecule has 0 fully saturated rings. The first-order valence-electron chi connectivity index (χ1n) is 6.85. The molecule has 4 heteroatoms. The van der Waals surface area contributed by atoms with Crippen molar-refractivity contribution in [3.8, 4) is 17.2 Å². The lowest BCUT2D eigenvalue weighted by molar-refractivity contribution is 0.404. The predicted octanol–water partition coefficient (Wildman–Crippen LogP) is 4.61. The number of benzene rings is 3. The number of aromatic hydroxyl groups is 2. The first-order chi connectivity index (χ1) is 10.6. The van der Waals surface area contributed by atoms with E-state index in [0.717, 1.165) is 26.4 Å². The summed E-state index contributed by atoms with van der Waals surface area (Å²) in [6, 6.07) is 14.8. The summed E-state index contributed by atoms with van der Waals surface area (Å²) in [5, 5.41) is 22.4. The van der Waals surface area contributed by atoms with Crippen molar-refractivity contribution in [1.82, 2.24) is 0 Å². The van der Waals surface area contributed by atoms with Gasteiger partial charge in [0.1, 0.15) is 17.2 Å². The Hall–Kier alpha value is -2.20. The molecule has 2 N–H and O–H groups in total. The van der Waals surface area contributed by atoms with E-state index in [4.69, 9.17) is 4.74 Å². The summed E-state index contributed by atoms with van der Waals surface area (Å²) < 4.78 is 5.93. The summed E-state index contributed by atoms with van der Waals surface area (Å²) in [4.78, 5) is 0. The predicted molar refractivity (Wildman–Crippen MR) is 90.8 cm³/mol.